The number of aliphatic hydroxyl groups excluding tert-OH is 2. The molecule has 8 nitrogen and oxygen atoms in total. The number of β-amino-alcohol motifs (C(OH)–C–C–N with tert-alkyl or cyclic N) is 1. The van der Waals surface area contributed by atoms with Crippen LogP contribution < -0.4 is 15.0 Å². The molecule has 23 heavy (non-hydrogen) atoms. The van der Waals surface area contributed by atoms with Crippen LogP contribution in [0.2, 0.25) is 0 Å². The molecule has 0 spiro atoms. The highest BCUT2D eigenvalue weighted by Crippen LogP contribution is 2.27. The predicted molar refractivity (Wildman–Crippen MR) is 88.2 cm³/mol. The quantitative estimate of drug-likeness (QED) is 0.627. The summed E-state index contributed by atoms with van der Waals surface area (Å²) in [5.74, 6) is 1.07. The van der Waals surface area contributed by atoms with E-state index in [-0.39, 0.29) is 24.9 Å². The number of ether oxygens (including phenoxy) is 2. The normalized spacial score (nSPS) is 20.6. The van der Waals surface area contributed by atoms with Crippen LogP contribution in [0.5, 0.6) is 5.88 Å². The Morgan fingerprint density at radius 2 is 2.26 bits per heavy atom. The van der Waals surface area contributed by atoms with Crippen molar-refractivity contribution in [1.29, 1.82) is 0 Å². The zero-order valence-electron chi connectivity index (χ0n) is 13.9. The number of morpholine rings is 1. The van der Waals surface area contributed by atoms with Crippen LogP contribution in [0.4, 0.5) is 5.82 Å². The topological polar surface area (TPSA) is 100.0 Å². The van der Waals surface area contributed by atoms with Crippen molar-refractivity contribution in [3.8, 4) is 5.88 Å². The van der Waals surface area contributed by atoms with Crippen LogP contribution in [0.15, 0.2) is 0 Å². The molecule has 1 saturated heterocycles. The van der Waals surface area contributed by atoms with Crippen molar-refractivity contribution in [2.75, 3.05) is 44.4 Å². The van der Waals surface area contributed by atoms with E-state index in [1.807, 2.05) is 25.7 Å². The van der Waals surface area contributed by atoms with E-state index in [1.54, 1.807) is 0 Å². The smallest absolute Gasteiger partial charge is 0.270 e. The van der Waals surface area contributed by atoms with Gasteiger partial charge in [0, 0.05) is 25.2 Å². The van der Waals surface area contributed by atoms with Gasteiger partial charge in [-0.3, -0.25) is 0 Å². The predicted octanol–water partition coefficient (Wildman–Crippen LogP) is -0.137. The first kappa shape index (κ1) is 18.3. The number of nitrogens with zero attached hydrogens (tertiary/aromatic N) is 3. The summed E-state index contributed by atoms with van der Waals surface area (Å²) in [6.07, 6.45) is -0.849. The van der Waals surface area contributed by atoms with Gasteiger partial charge in [0.2, 0.25) is 5.82 Å². The Balaban J connectivity index is 1.86. The Bertz CT molecular complexity index is 480. The first-order chi connectivity index (χ1) is 10.9. The molecule has 1 aromatic heterocycles. The van der Waals surface area contributed by atoms with Gasteiger partial charge >= 0.3 is 0 Å². The first-order valence-corrected chi connectivity index (χ1v) is 8.48. The summed E-state index contributed by atoms with van der Waals surface area (Å²) >= 11 is 1.07. The van der Waals surface area contributed by atoms with Gasteiger partial charge < -0.3 is 29.9 Å². The summed E-state index contributed by atoms with van der Waals surface area (Å²) < 4.78 is 19.5. The Kier molecular flexibility index (Phi) is 6.54. The highest BCUT2D eigenvalue weighted by molar-refractivity contribution is 6.99. The molecule has 0 bridgehead atoms. The Morgan fingerprint density at radius 3 is 2.96 bits per heavy atom. The van der Waals surface area contributed by atoms with Crippen LogP contribution in [0.1, 0.15) is 20.8 Å². The largest absolute Gasteiger partial charge is 0.472 e. The van der Waals surface area contributed by atoms with Gasteiger partial charge in [-0.1, -0.05) is 0 Å². The summed E-state index contributed by atoms with van der Waals surface area (Å²) in [4.78, 5) is 1.99. The minimum Gasteiger partial charge on any atom is -0.472 e. The zero-order valence-corrected chi connectivity index (χ0v) is 14.7. The fourth-order valence-electron chi connectivity index (χ4n) is 2.14. The van der Waals surface area contributed by atoms with Crippen LogP contribution in [-0.2, 0) is 4.74 Å². The van der Waals surface area contributed by atoms with E-state index in [2.05, 4.69) is 14.1 Å². The number of hydrogen-bond donors (Lipinski definition) is 3. The second kappa shape index (κ2) is 8.20. The van der Waals surface area contributed by atoms with Gasteiger partial charge in [-0.05, 0) is 20.8 Å². The Hall–Kier alpha value is -1.00. The monoisotopic (exact) mass is 346 g/mol. The lowest BCUT2D eigenvalue weighted by atomic mass is 10.1. The third-order valence-electron chi connectivity index (χ3n) is 3.36. The number of rotatable bonds is 7. The maximum atomic E-state index is 9.99. The third-order valence-corrected chi connectivity index (χ3v) is 3.87. The molecule has 1 unspecified atom stereocenters. The maximum Gasteiger partial charge on any atom is 0.270 e. The van der Waals surface area contributed by atoms with Gasteiger partial charge in [0.25, 0.3) is 5.88 Å². The van der Waals surface area contributed by atoms with Crippen molar-refractivity contribution >= 4 is 17.5 Å². The van der Waals surface area contributed by atoms with E-state index in [9.17, 15) is 10.2 Å². The van der Waals surface area contributed by atoms with Gasteiger partial charge in [0.05, 0.1) is 31.0 Å². The molecule has 0 aliphatic carbocycles. The molecule has 2 atom stereocenters. The number of nitrogens with one attached hydrogen (secondary N) is 1. The minimum absolute atomic E-state index is 0.0263. The molecule has 1 aromatic rings. The molecule has 0 aromatic carbocycles. The van der Waals surface area contributed by atoms with Crippen LogP contribution in [0.25, 0.3) is 0 Å². The van der Waals surface area contributed by atoms with Crippen molar-refractivity contribution in [2.45, 2.75) is 38.5 Å². The minimum atomic E-state index is -0.626. The summed E-state index contributed by atoms with van der Waals surface area (Å²) in [7, 11) is 0. The van der Waals surface area contributed by atoms with Crippen LogP contribution in [0, 0.1) is 0 Å². The highest BCUT2D eigenvalue weighted by atomic mass is 32.1. The van der Waals surface area contributed by atoms with Gasteiger partial charge in [-0.2, -0.15) is 4.37 Å². The number of hydrogen-bond acceptors (Lipinski definition) is 9. The van der Waals surface area contributed by atoms with Crippen molar-refractivity contribution in [2.24, 2.45) is 0 Å². The standard InChI is InChI=1S/C14H26N4O4S/c1-14(2,3)15-6-10(20)9-22-13-12(16-23-17-13)18-4-5-21-11(7-18)8-19/h10-11,15,19-20H,4-9H2,1-3H3/t10?,11-/m0/s1. The molecular formula is C14H26N4O4S. The molecule has 1 fully saturated rings. The van der Waals surface area contributed by atoms with E-state index >= 15 is 0 Å². The van der Waals surface area contributed by atoms with E-state index in [0.29, 0.717) is 37.9 Å². The van der Waals surface area contributed by atoms with Crippen molar-refractivity contribution in [3.05, 3.63) is 0 Å². The summed E-state index contributed by atoms with van der Waals surface area (Å²) in [5, 5.41) is 22.4. The van der Waals surface area contributed by atoms with E-state index in [0.717, 1.165) is 11.7 Å². The molecule has 1 aliphatic heterocycles. The van der Waals surface area contributed by atoms with Gasteiger partial charge in [0.15, 0.2) is 0 Å². The van der Waals surface area contributed by atoms with E-state index < -0.39 is 6.10 Å². The molecule has 9 heteroatoms. The molecule has 0 saturated carbocycles. The Labute approximate surface area is 140 Å². The molecule has 0 amide bonds. The van der Waals surface area contributed by atoms with E-state index in [4.69, 9.17) is 9.47 Å². The third kappa shape index (κ3) is 5.85. The van der Waals surface area contributed by atoms with Crippen molar-refractivity contribution in [3.63, 3.8) is 0 Å². The lowest BCUT2D eigenvalue weighted by Crippen LogP contribution is -2.44. The lowest BCUT2D eigenvalue weighted by molar-refractivity contribution is 0.00318. The molecular weight excluding hydrogens is 320 g/mol. The van der Waals surface area contributed by atoms with Crippen LogP contribution >= 0.6 is 11.7 Å². The van der Waals surface area contributed by atoms with E-state index in [1.165, 1.54) is 0 Å². The zero-order chi connectivity index (χ0) is 16.9. The fraction of sp³-hybridized carbons (Fsp3) is 0.857. The maximum absolute atomic E-state index is 9.99. The number of aliphatic hydroxyl groups is 2. The van der Waals surface area contributed by atoms with Crippen molar-refractivity contribution in [1.82, 2.24) is 14.1 Å². The number of anilines is 1. The van der Waals surface area contributed by atoms with Crippen LogP contribution in [0.3, 0.4) is 0 Å². The SMILES string of the molecule is CC(C)(C)NCC(O)COc1nsnc1N1CCO[C@H](CO)C1. The Morgan fingerprint density at radius 1 is 1.48 bits per heavy atom. The van der Waals surface area contributed by atoms with Gasteiger partial charge in [-0.25, -0.2) is 0 Å². The average Bonchev–Trinajstić information content (AvgIpc) is 2.99. The summed E-state index contributed by atoms with van der Waals surface area (Å²) in [5.41, 5.74) is -0.0541. The van der Waals surface area contributed by atoms with Gasteiger partial charge in [-0.15, -0.1) is 4.37 Å². The molecule has 132 valence electrons. The lowest BCUT2D eigenvalue weighted by Gasteiger charge is -2.32. The van der Waals surface area contributed by atoms with Crippen LogP contribution in [-0.4, -0.2) is 76.2 Å². The fourth-order valence-corrected chi connectivity index (χ4v) is 2.66. The molecule has 2 heterocycles. The second-order valence-corrected chi connectivity index (χ2v) is 7.14. The van der Waals surface area contributed by atoms with Crippen molar-refractivity contribution < 1.29 is 19.7 Å². The summed E-state index contributed by atoms with van der Waals surface area (Å²) in [6.45, 7) is 8.44. The molecule has 1 aliphatic rings. The molecule has 0 radical (unpaired) electrons. The second-order valence-electron chi connectivity index (χ2n) is 6.61. The van der Waals surface area contributed by atoms with Gasteiger partial charge in [0.1, 0.15) is 12.7 Å². The highest BCUT2D eigenvalue weighted by Gasteiger charge is 2.25. The summed E-state index contributed by atoms with van der Waals surface area (Å²) in [6, 6.07) is 0. The average molecular weight is 346 g/mol. The number of aromatic nitrogens is 2. The first-order valence-electron chi connectivity index (χ1n) is 7.75. The molecule has 3 N–H and O–H groups in total. The molecule has 2 rings (SSSR count).